The normalized spacial score (nSPS) is 11.2. The van der Waals surface area contributed by atoms with E-state index in [1.54, 1.807) is 0 Å². The van der Waals surface area contributed by atoms with Gasteiger partial charge in [0, 0.05) is 12.1 Å². The highest BCUT2D eigenvalue weighted by Gasteiger charge is 2.10. The van der Waals surface area contributed by atoms with Gasteiger partial charge in [-0.3, -0.25) is 4.68 Å². The molecule has 0 aromatic carbocycles. The molecule has 0 bridgehead atoms. The van der Waals surface area contributed by atoms with Crippen molar-refractivity contribution < 1.29 is 0 Å². The maximum Gasteiger partial charge on any atom is 0.130 e. The van der Waals surface area contributed by atoms with Crippen LogP contribution in [0.3, 0.4) is 0 Å². The molecular formula is C10H18ClN3. The van der Waals surface area contributed by atoms with E-state index < -0.39 is 0 Å². The Morgan fingerprint density at radius 2 is 2.29 bits per heavy atom. The first-order chi connectivity index (χ1) is 6.66. The standard InChI is InChI=1S/C10H18ClN3/c1-8(2)9-7-13-14(10(9)11)6-4-5-12-3/h7-8,12H,4-6H2,1-3H3. The van der Waals surface area contributed by atoms with Gasteiger partial charge in [-0.15, -0.1) is 0 Å². The minimum Gasteiger partial charge on any atom is -0.320 e. The minimum absolute atomic E-state index is 0.445. The number of hydrogen-bond acceptors (Lipinski definition) is 2. The average molecular weight is 216 g/mol. The van der Waals surface area contributed by atoms with E-state index in [-0.39, 0.29) is 0 Å². The Morgan fingerprint density at radius 3 is 2.79 bits per heavy atom. The summed E-state index contributed by atoms with van der Waals surface area (Å²) in [5, 5.41) is 8.16. The van der Waals surface area contributed by atoms with Crippen molar-refractivity contribution in [2.24, 2.45) is 0 Å². The Kier molecular flexibility index (Phi) is 4.42. The van der Waals surface area contributed by atoms with Crippen LogP contribution in [0, 0.1) is 0 Å². The van der Waals surface area contributed by atoms with Crippen LogP contribution in [0.5, 0.6) is 0 Å². The third-order valence-electron chi connectivity index (χ3n) is 2.22. The van der Waals surface area contributed by atoms with Gasteiger partial charge in [-0.1, -0.05) is 25.4 Å². The van der Waals surface area contributed by atoms with E-state index in [1.165, 1.54) is 0 Å². The molecule has 1 heterocycles. The highest BCUT2D eigenvalue weighted by atomic mass is 35.5. The summed E-state index contributed by atoms with van der Waals surface area (Å²) in [4.78, 5) is 0. The van der Waals surface area contributed by atoms with Gasteiger partial charge < -0.3 is 5.32 Å². The van der Waals surface area contributed by atoms with Gasteiger partial charge in [-0.05, 0) is 25.9 Å². The summed E-state index contributed by atoms with van der Waals surface area (Å²) in [5.41, 5.74) is 1.14. The maximum absolute atomic E-state index is 6.18. The minimum atomic E-state index is 0.445. The predicted octanol–water partition coefficient (Wildman–Crippen LogP) is 2.27. The lowest BCUT2D eigenvalue weighted by Crippen LogP contribution is -2.11. The second-order valence-corrected chi connectivity index (χ2v) is 4.08. The number of nitrogens with one attached hydrogen (secondary N) is 1. The van der Waals surface area contributed by atoms with Crippen LogP contribution in [-0.4, -0.2) is 23.4 Å². The Bertz CT molecular complexity index is 281. The van der Waals surface area contributed by atoms with Crippen LogP contribution in [0.2, 0.25) is 5.15 Å². The van der Waals surface area contributed by atoms with Crippen molar-refractivity contribution in [3.63, 3.8) is 0 Å². The lowest BCUT2D eigenvalue weighted by Gasteiger charge is -2.05. The zero-order chi connectivity index (χ0) is 10.6. The summed E-state index contributed by atoms with van der Waals surface area (Å²) in [7, 11) is 1.95. The van der Waals surface area contributed by atoms with Crippen LogP contribution in [0.25, 0.3) is 0 Å². The fourth-order valence-electron chi connectivity index (χ4n) is 1.33. The van der Waals surface area contributed by atoms with Gasteiger partial charge in [0.15, 0.2) is 0 Å². The van der Waals surface area contributed by atoms with Crippen LogP contribution in [0.15, 0.2) is 6.20 Å². The molecule has 0 aliphatic carbocycles. The molecule has 1 N–H and O–H groups in total. The smallest absolute Gasteiger partial charge is 0.130 e. The van der Waals surface area contributed by atoms with E-state index in [0.29, 0.717) is 5.92 Å². The summed E-state index contributed by atoms with van der Waals surface area (Å²) in [6.45, 7) is 6.13. The van der Waals surface area contributed by atoms with Gasteiger partial charge in [0.05, 0.1) is 6.20 Å². The first-order valence-corrected chi connectivity index (χ1v) is 5.40. The number of halogens is 1. The molecule has 0 fully saturated rings. The monoisotopic (exact) mass is 215 g/mol. The average Bonchev–Trinajstić information content (AvgIpc) is 2.48. The Morgan fingerprint density at radius 1 is 1.57 bits per heavy atom. The van der Waals surface area contributed by atoms with Crippen molar-refractivity contribution in [1.29, 1.82) is 0 Å². The maximum atomic E-state index is 6.18. The van der Waals surface area contributed by atoms with Gasteiger partial charge in [0.1, 0.15) is 5.15 Å². The number of aryl methyl sites for hydroxylation is 1. The van der Waals surface area contributed by atoms with Crippen LogP contribution >= 0.6 is 11.6 Å². The van der Waals surface area contributed by atoms with Gasteiger partial charge >= 0.3 is 0 Å². The van der Waals surface area contributed by atoms with E-state index in [9.17, 15) is 0 Å². The van der Waals surface area contributed by atoms with Gasteiger partial charge in [-0.2, -0.15) is 5.10 Å². The molecule has 0 unspecified atom stereocenters. The van der Waals surface area contributed by atoms with E-state index in [1.807, 2.05) is 17.9 Å². The largest absolute Gasteiger partial charge is 0.320 e. The lowest BCUT2D eigenvalue weighted by atomic mass is 10.1. The van der Waals surface area contributed by atoms with E-state index in [0.717, 1.165) is 30.2 Å². The Hall–Kier alpha value is -0.540. The molecule has 1 aromatic rings. The number of nitrogens with zero attached hydrogens (tertiary/aromatic N) is 2. The predicted molar refractivity (Wildman–Crippen MR) is 59.9 cm³/mol. The second-order valence-electron chi connectivity index (χ2n) is 3.73. The first kappa shape index (κ1) is 11.5. The summed E-state index contributed by atoms with van der Waals surface area (Å²) < 4.78 is 1.87. The number of rotatable bonds is 5. The molecule has 3 nitrogen and oxygen atoms in total. The number of hydrogen-bond donors (Lipinski definition) is 1. The van der Waals surface area contributed by atoms with Crippen molar-refractivity contribution in [2.45, 2.75) is 32.7 Å². The van der Waals surface area contributed by atoms with Crippen LogP contribution in [0.4, 0.5) is 0 Å². The molecule has 80 valence electrons. The highest BCUT2D eigenvalue weighted by Crippen LogP contribution is 2.23. The zero-order valence-electron chi connectivity index (χ0n) is 9.05. The van der Waals surface area contributed by atoms with Crippen molar-refractivity contribution in [3.8, 4) is 0 Å². The quantitative estimate of drug-likeness (QED) is 0.764. The third-order valence-corrected chi connectivity index (χ3v) is 2.63. The first-order valence-electron chi connectivity index (χ1n) is 5.02. The van der Waals surface area contributed by atoms with Crippen molar-refractivity contribution in [1.82, 2.24) is 15.1 Å². The molecule has 1 aromatic heterocycles. The second kappa shape index (κ2) is 5.37. The number of aromatic nitrogens is 2. The Labute approximate surface area is 90.4 Å². The van der Waals surface area contributed by atoms with Crippen LogP contribution in [-0.2, 0) is 6.54 Å². The summed E-state index contributed by atoms with van der Waals surface area (Å²) in [6.07, 6.45) is 2.92. The van der Waals surface area contributed by atoms with Crippen molar-refractivity contribution >= 4 is 11.6 Å². The molecule has 0 spiro atoms. The van der Waals surface area contributed by atoms with Crippen LogP contribution in [0.1, 0.15) is 31.7 Å². The fourth-order valence-corrected chi connectivity index (χ4v) is 1.73. The van der Waals surface area contributed by atoms with E-state index >= 15 is 0 Å². The SMILES string of the molecule is CNCCCn1ncc(C(C)C)c1Cl. The molecule has 0 atom stereocenters. The molecule has 4 heteroatoms. The van der Waals surface area contributed by atoms with Crippen LogP contribution < -0.4 is 5.32 Å². The molecule has 14 heavy (non-hydrogen) atoms. The van der Waals surface area contributed by atoms with E-state index in [4.69, 9.17) is 11.6 Å². The molecule has 0 saturated carbocycles. The summed E-state index contributed by atoms with van der Waals surface area (Å²) in [6, 6.07) is 0. The molecule has 0 saturated heterocycles. The van der Waals surface area contributed by atoms with Gasteiger partial charge in [0.2, 0.25) is 0 Å². The molecule has 0 radical (unpaired) electrons. The lowest BCUT2D eigenvalue weighted by molar-refractivity contribution is 0.562. The molecule has 0 amide bonds. The van der Waals surface area contributed by atoms with Gasteiger partial charge in [-0.25, -0.2) is 0 Å². The van der Waals surface area contributed by atoms with Gasteiger partial charge in [0.25, 0.3) is 0 Å². The third kappa shape index (κ3) is 2.72. The van der Waals surface area contributed by atoms with Crippen molar-refractivity contribution in [3.05, 3.63) is 16.9 Å². The summed E-state index contributed by atoms with van der Waals surface area (Å²) >= 11 is 6.18. The molecule has 1 rings (SSSR count). The molecule has 0 aliphatic rings. The fraction of sp³-hybridized carbons (Fsp3) is 0.700. The summed E-state index contributed by atoms with van der Waals surface area (Å²) in [5.74, 6) is 0.445. The highest BCUT2D eigenvalue weighted by molar-refractivity contribution is 6.30. The molecular weight excluding hydrogens is 198 g/mol. The Balaban J connectivity index is 2.60. The van der Waals surface area contributed by atoms with Crippen molar-refractivity contribution in [2.75, 3.05) is 13.6 Å². The topological polar surface area (TPSA) is 29.9 Å². The molecule has 0 aliphatic heterocycles. The van der Waals surface area contributed by atoms with E-state index in [2.05, 4.69) is 24.3 Å². The zero-order valence-corrected chi connectivity index (χ0v) is 9.80.